The van der Waals surface area contributed by atoms with Gasteiger partial charge in [0.25, 0.3) is 5.91 Å². The fourth-order valence-corrected chi connectivity index (χ4v) is 3.32. The molecule has 1 aliphatic heterocycles. The number of rotatable bonds is 9. The number of methoxy groups -OCH3 is 1. The minimum absolute atomic E-state index is 0.179. The van der Waals surface area contributed by atoms with Crippen LogP contribution in [0.15, 0.2) is 22.7 Å². The monoisotopic (exact) mass is 470 g/mol. The van der Waals surface area contributed by atoms with E-state index in [9.17, 15) is 14.4 Å². The smallest absolute Gasteiger partial charge is 0.308 e. The first-order valence-electron chi connectivity index (χ1n) is 9.56. The Kier molecular flexibility index (Phi) is 8.91. The van der Waals surface area contributed by atoms with Crippen LogP contribution in [-0.4, -0.2) is 68.2 Å². The molecule has 0 radical (unpaired) electrons. The van der Waals surface area contributed by atoms with Crippen LogP contribution in [0.1, 0.15) is 37.0 Å². The molecule has 0 bridgehead atoms. The van der Waals surface area contributed by atoms with Gasteiger partial charge in [0, 0.05) is 25.8 Å². The Labute approximate surface area is 179 Å². The van der Waals surface area contributed by atoms with E-state index in [1.165, 1.54) is 4.90 Å². The van der Waals surface area contributed by atoms with Crippen LogP contribution < -0.4 is 10.1 Å². The van der Waals surface area contributed by atoms with E-state index in [2.05, 4.69) is 21.2 Å². The van der Waals surface area contributed by atoms with Gasteiger partial charge in [0.2, 0.25) is 5.91 Å². The first-order chi connectivity index (χ1) is 13.9. The molecule has 2 atom stereocenters. The Hall–Kier alpha value is -2.13. The van der Waals surface area contributed by atoms with Gasteiger partial charge in [0.1, 0.15) is 18.4 Å². The van der Waals surface area contributed by atoms with Crippen molar-refractivity contribution in [3.63, 3.8) is 0 Å². The molecule has 29 heavy (non-hydrogen) atoms. The van der Waals surface area contributed by atoms with Gasteiger partial charge in [-0.15, -0.1) is 0 Å². The predicted octanol–water partition coefficient (Wildman–Crippen LogP) is 2.15. The molecule has 1 aromatic carbocycles. The number of amides is 2. The van der Waals surface area contributed by atoms with Gasteiger partial charge in [-0.2, -0.15) is 0 Å². The van der Waals surface area contributed by atoms with Crippen molar-refractivity contribution in [1.82, 2.24) is 10.2 Å². The van der Waals surface area contributed by atoms with Crippen molar-refractivity contribution in [3.8, 4) is 5.75 Å². The lowest BCUT2D eigenvalue weighted by Crippen LogP contribution is -2.57. The predicted molar refractivity (Wildman–Crippen MR) is 110 cm³/mol. The second kappa shape index (κ2) is 11.2. The van der Waals surface area contributed by atoms with Gasteiger partial charge >= 0.3 is 5.97 Å². The number of ether oxygens (including phenoxy) is 3. The Balaban J connectivity index is 2.12. The maximum atomic E-state index is 13.1. The van der Waals surface area contributed by atoms with E-state index in [1.807, 2.05) is 6.92 Å². The molecular weight excluding hydrogens is 444 g/mol. The lowest BCUT2D eigenvalue weighted by Gasteiger charge is -2.34. The van der Waals surface area contributed by atoms with E-state index in [0.29, 0.717) is 48.5 Å². The molecule has 8 nitrogen and oxygen atoms in total. The van der Waals surface area contributed by atoms with Crippen LogP contribution in [0.4, 0.5) is 0 Å². The molecule has 0 aromatic heterocycles. The molecule has 9 heteroatoms. The van der Waals surface area contributed by atoms with E-state index in [4.69, 9.17) is 14.2 Å². The van der Waals surface area contributed by atoms with Crippen molar-refractivity contribution in [3.05, 3.63) is 28.2 Å². The standard InChI is InChI=1S/C20H27BrN2O6/c1-4-13(2)29-18(24)12-16-19(25)22-7-8-23(16)20(26)14-5-6-17(15(21)11-14)28-10-9-27-3/h5-6,11,13,16H,4,7-10,12H2,1-3H3,(H,22,25). The summed E-state index contributed by atoms with van der Waals surface area (Å²) in [5.41, 5.74) is 0.394. The third-order valence-corrected chi connectivity index (χ3v) is 5.20. The Morgan fingerprint density at radius 3 is 2.76 bits per heavy atom. The Morgan fingerprint density at radius 1 is 1.34 bits per heavy atom. The fourth-order valence-electron chi connectivity index (χ4n) is 2.83. The van der Waals surface area contributed by atoms with Crippen LogP contribution in [0, 0.1) is 0 Å². The highest BCUT2D eigenvalue weighted by atomic mass is 79.9. The number of nitrogens with one attached hydrogen (secondary N) is 1. The number of nitrogens with zero attached hydrogens (tertiary/aromatic N) is 1. The molecule has 160 valence electrons. The van der Waals surface area contributed by atoms with Gasteiger partial charge in [0.05, 0.1) is 23.6 Å². The van der Waals surface area contributed by atoms with Crippen molar-refractivity contribution < 1.29 is 28.6 Å². The lowest BCUT2D eigenvalue weighted by molar-refractivity contribution is -0.151. The van der Waals surface area contributed by atoms with E-state index < -0.39 is 12.0 Å². The van der Waals surface area contributed by atoms with Gasteiger partial charge in [0.15, 0.2) is 0 Å². The highest BCUT2D eigenvalue weighted by molar-refractivity contribution is 9.10. The molecule has 0 spiro atoms. The number of carbonyl (C=O) groups excluding carboxylic acids is 3. The van der Waals surface area contributed by atoms with Crippen LogP contribution in [0.2, 0.25) is 0 Å². The van der Waals surface area contributed by atoms with Gasteiger partial charge < -0.3 is 24.4 Å². The number of benzene rings is 1. The highest BCUT2D eigenvalue weighted by Gasteiger charge is 2.36. The summed E-state index contributed by atoms with van der Waals surface area (Å²) in [5, 5.41) is 2.71. The normalized spacial score (nSPS) is 17.4. The van der Waals surface area contributed by atoms with Crippen LogP contribution in [0.3, 0.4) is 0 Å². The summed E-state index contributed by atoms with van der Waals surface area (Å²) in [6.45, 7) is 5.17. The third kappa shape index (κ3) is 6.43. The summed E-state index contributed by atoms with van der Waals surface area (Å²) >= 11 is 3.40. The maximum Gasteiger partial charge on any atom is 0.308 e. The highest BCUT2D eigenvalue weighted by Crippen LogP contribution is 2.27. The SMILES string of the molecule is CCC(C)OC(=O)CC1C(=O)NCCN1C(=O)c1ccc(OCCOC)c(Br)c1. The van der Waals surface area contributed by atoms with Crippen molar-refractivity contribution in [2.75, 3.05) is 33.4 Å². The average molecular weight is 471 g/mol. The topological polar surface area (TPSA) is 94.2 Å². The zero-order valence-electron chi connectivity index (χ0n) is 16.9. The molecule has 1 saturated heterocycles. The van der Waals surface area contributed by atoms with Crippen molar-refractivity contribution in [1.29, 1.82) is 0 Å². The zero-order valence-corrected chi connectivity index (χ0v) is 18.5. The Bertz CT molecular complexity index is 742. The van der Waals surface area contributed by atoms with Crippen molar-refractivity contribution in [2.24, 2.45) is 0 Å². The van der Waals surface area contributed by atoms with E-state index >= 15 is 0 Å². The molecule has 2 unspecified atom stereocenters. The van der Waals surface area contributed by atoms with E-state index in [0.717, 1.165) is 0 Å². The van der Waals surface area contributed by atoms with E-state index in [-0.39, 0.29) is 24.3 Å². The second-order valence-corrected chi connectivity index (χ2v) is 7.56. The minimum Gasteiger partial charge on any atom is -0.490 e. The van der Waals surface area contributed by atoms with Gasteiger partial charge in [-0.1, -0.05) is 6.92 Å². The number of hydrogen-bond acceptors (Lipinski definition) is 6. The molecule has 1 fully saturated rings. The van der Waals surface area contributed by atoms with E-state index in [1.54, 1.807) is 32.2 Å². The van der Waals surface area contributed by atoms with Crippen LogP contribution >= 0.6 is 15.9 Å². The number of piperazine rings is 1. The molecular formula is C20H27BrN2O6. The molecule has 1 aliphatic rings. The van der Waals surface area contributed by atoms with Gasteiger partial charge in [-0.05, 0) is 47.5 Å². The Morgan fingerprint density at radius 2 is 2.10 bits per heavy atom. The quantitative estimate of drug-likeness (QED) is 0.438. The summed E-state index contributed by atoms with van der Waals surface area (Å²) in [7, 11) is 1.59. The van der Waals surface area contributed by atoms with Crippen LogP contribution in [-0.2, 0) is 19.1 Å². The summed E-state index contributed by atoms with van der Waals surface area (Å²) in [5.74, 6) is -0.597. The fraction of sp³-hybridized carbons (Fsp3) is 0.550. The number of halogens is 1. The van der Waals surface area contributed by atoms with Gasteiger partial charge in [-0.25, -0.2) is 0 Å². The van der Waals surface area contributed by atoms with Crippen molar-refractivity contribution in [2.45, 2.75) is 38.8 Å². The molecule has 2 rings (SSSR count). The molecule has 1 heterocycles. The van der Waals surface area contributed by atoms with Crippen molar-refractivity contribution >= 4 is 33.7 Å². The van der Waals surface area contributed by atoms with Gasteiger partial charge in [-0.3, -0.25) is 14.4 Å². The largest absolute Gasteiger partial charge is 0.490 e. The van der Waals surface area contributed by atoms with Crippen LogP contribution in [0.5, 0.6) is 5.75 Å². The third-order valence-electron chi connectivity index (χ3n) is 4.58. The maximum absolute atomic E-state index is 13.1. The molecule has 2 amide bonds. The minimum atomic E-state index is -0.899. The van der Waals surface area contributed by atoms with Crippen LogP contribution in [0.25, 0.3) is 0 Å². The first-order valence-corrected chi connectivity index (χ1v) is 10.4. The number of carbonyl (C=O) groups is 3. The molecule has 0 saturated carbocycles. The molecule has 1 N–H and O–H groups in total. The summed E-state index contributed by atoms with van der Waals surface area (Å²) in [6.07, 6.45) is 0.263. The molecule has 0 aliphatic carbocycles. The summed E-state index contributed by atoms with van der Waals surface area (Å²) < 4.78 is 16.4. The number of hydrogen-bond donors (Lipinski definition) is 1. The number of esters is 1. The second-order valence-electron chi connectivity index (χ2n) is 6.70. The summed E-state index contributed by atoms with van der Waals surface area (Å²) in [6, 6.07) is 4.06. The summed E-state index contributed by atoms with van der Waals surface area (Å²) in [4.78, 5) is 39.0. The first kappa shape index (κ1) is 23.2. The molecule has 1 aromatic rings. The average Bonchev–Trinajstić information content (AvgIpc) is 2.70. The lowest BCUT2D eigenvalue weighted by atomic mass is 10.1. The zero-order chi connectivity index (χ0) is 21.4.